The van der Waals surface area contributed by atoms with E-state index in [0.717, 1.165) is 15.6 Å². The third-order valence-electron chi connectivity index (χ3n) is 5.00. The molecule has 0 aliphatic carbocycles. The van der Waals surface area contributed by atoms with Gasteiger partial charge in [-0.2, -0.15) is 5.10 Å². The van der Waals surface area contributed by atoms with E-state index in [2.05, 4.69) is 20.7 Å². The summed E-state index contributed by atoms with van der Waals surface area (Å²) in [6.45, 7) is 3.29. The molecule has 2 amide bonds. The van der Waals surface area contributed by atoms with Gasteiger partial charge in [-0.05, 0) is 43.2 Å². The highest BCUT2D eigenvalue weighted by molar-refractivity contribution is 7.14. The van der Waals surface area contributed by atoms with Crippen molar-refractivity contribution in [2.75, 3.05) is 0 Å². The molecule has 34 heavy (non-hydrogen) atoms. The number of hydrogen-bond donors (Lipinski definition) is 2. The quantitative estimate of drug-likeness (QED) is 0.392. The van der Waals surface area contributed by atoms with Crippen LogP contribution in [0.25, 0.3) is 5.65 Å². The summed E-state index contributed by atoms with van der Waals surface area (Å²) in [5, 5.41) is 9.17. The van der Waals surface area contributed by atoms with Crippen molar-refractivity contribution in [3.63, 3.8) is 0 Å². The zero-order chi connectivity index (χ0) is 24.4. The molecule has 0 saturated heterocycles. The lowest BCUT2D eigenvalue weighted by molar-refractivity contribution is 0.0941. The van der Waals surface area contributed by atoms with Crippen molar-refractivity contribution in [1.29, 1.82) is 0 Å². The van der Waals surface area contributed by atoms with E-state index in [1.165, 1.54) is 36.5 Å². The van der Waals surface area contributed by atoms with Crippen molar-refractivity contribution in [2.45, 2.75) is 26.9 Å². The lowest BCUT2D eigenvalue weighted by atomic mass is 10.1. The Kier molecular flexibility index (Phi) is 6.46. The average Bonchev–Trinajstić information content (AvgIpc) is 3.44. The molecule has 0 atom stereocenters. The Morgan fingerprint density at radius 1 is 1.00 bits per heavy atom. The minimum absolute atomic E-state index is 0.0723. The molecule has 3 heterocycles. The molecule has 0 bridgehead atoms. The zero-order valence-electron chi connectivity index (χ0n) is 18.2. The Morgan fingerprint density at radius 3 is 2.47 bits per heavy atom. The number of fused-ring (bicyclic) bond motifs is 1. The maximum absolute atomic E-state index is 14.2. The summed E-state index contributed by atoms with van der Waals surface area (Å²) in [4.78, 5) is 42.3. The molecule has 0 fully saturated rings. The second kappa shape index (κ2) is 9.48. The van der Waals surface area contributed by atoms with E-state index in [0.29, 0.717) is 16.0 Å². The highest BCUT2D eigenvalue weighted by Gasteiger charge is 2.20. The van der Waals surface area contributed by atoms with Crippen LogP contribution in [-0.2, 0) is 13.1 Å². The van der Waals surface area contributed by atoms with Crippen LogP contribution in [0.2, 0.25) is 0 Å². The lowest BCUT2D eigenvalue weighted by Crippen LogP contribution is -2.28. The Bertz CT molecular complexity index is 1430. The smallest absolute Gasteiger partial charge is 0.270 e. The van der Waals surface area contributed by atoms with Gasteiger partial charge in [0.05, 0.1) is 17.6 Å². The number of aromatic nitrogens is 3. The van der Waals surface area contributed by atoms with E-state index < -0.39 is 17.6 Å². The molecular formula is C23H19F2N5O3S. The lowest BCUT2D eigenvalue weighted by Gasteiger charge is -2.10. The summed E-state index contributed by atoms with van der Waals surface area (Å²) in [7, 11) is 0. The predicted octanol–water partition coefficient (Wildman–Crippen LogP) is 3.44. The molecule has 11 heteroatoms. The standard InChI is InChI=1S/C23H19F2N5O3S/c1-12-7-14(3-5-16(12)24)9-26-22(32)18-8-19(30-21(29-18)17(25)11-28-30)23(33)27-10-15-4-6-20(34-15)13(2)31/h3-8,11H,9-10H2,1-2H3,(H,26,32)(H,27,33). The molecule has 0 spiro atoms. The summed E-state index contributed by atoms with van der Waals surface area (Å²) in [5.41, 5.74) is 0.576. The number of amides is 2. The minimum atomic E-state index is -0.790. The van der Waals surface area contributed by atoms with Crippen LogP contribution in [0.4, 0.5) is 8.78 Å². The van der Waals surface area contributed by atoms with Gasteiger partial charge in [0.1, 0.15) is 17.2 Å². The van der Waals surface area contributed by atoms with Gasteiger partial charge in [0.15, 0.2) is 17.2 Å². The minimum Gasteiger partial charge on any atom is -0.347 e. The molecule has 0 aliphatic rings. The van der Waals surface area contributed by atoms with Crippen molar-refractivity contribution >= 4 is 34.6 Å². The first-order chi connectivity index (χ1) is 16.2. The van der Waals surface area contributed by atoms with Gasteiger partial charge < -0.3 is 10.6 Å². The molecule has 4 aromatic rings. The number of Topliss-reactive ketones (excluding diaryl/α,β-unsaturated/α-hetero) is 1. The van der Waals surface area contributed by atoms with Gasteiger partial charge in [0, 0.05) is 17.5 Å². The van der Waals surface area contributed by atoms with Crippen LogP contribution in [0.3, 0.4) is 0 Å². The highest BCUT2D eigenvalue weighted by atomic mass is 32.1. The SMILES string of the molecule is CC(=O)c1ccc(CNC(=O)c2cc(C(=O)NCc3ccc(F)c(C)c3)nc3c(F)cnn23)s1. The monoisotopic (exact) mass is 483 g/mol. The normalized spacial score (nSPS) is 10.9. The van der Waals surface area contributed by atoms with Gasteiger partial charge in [-0.1, -0.05) is 12.1 Å². The van der Waals surface area contributed by atoms with Crippen molar-refractivity contribution in [2.24, 2.45) is 0 Å². The first-order valence-corrected chi connectivity index (χ1v) is 11.0. The fourth-order valence-corrected chi connectivity index (χ4v) is 4.07. The number of benzene rings is 1. The van der Waals surface area contributed by atoms with Crippen molar-refractivity contribution in [1.82, 2.24) is 25.2 Å². The summed E-state index contributed by atoms with van der Waals surface area (Å²) in [6.07, 6.45) is 0.903. The van der Waals surface area contributed by atoms with Crippen LogP contribution in [0.1, 0.15) is 53.6 Å². The second-order valence-corrected chi connectivity index (χ2v) is 8.69. The van der Waals surface area contributed by atoms with Crippen LogP contribution in [-0.4, -0.2) is 32.2 Å². The molecule has 4 rings (SSSR count). The number of thiophene rings is 1. The number of nitrogens with one attached hydrogen (secondary N) is 2. The average molecular weight is 484 g/mol. The summed E-state index contributed by atoms with van der Waals surface area (Å²) < 4.78 is 28.7. The van der Waals surface area contributed by atoms with E-state index in [4.69, 9.17) is 0 Å². The fraction of sp³-hybridized carbons (Fsp3) is 0.174. The molecule has 0 saturated carbocycles. The number of halogens is 2. The van der Waals surface area contributed by atoms with Crippen molar-refractivity contribution in [3.05, 3.63) is 86.5 Å². The number of rotatable bonds is 7. The zero-order valence-corrected chi connectivity index (χ0v) is 19.0. The number of hydrogen-bond acceptors (Lipinski definition) is 6. The Labute approximate surface area is 196 Å². The van der Waals surface area contributed by atoms with Crippen LogP contribution >= 0.6 is 11.3 Å². The second-order valence-electron chi connectivity index (χ2n) is 7.53. The molecule has 1 aromatic carbocycles. The Morgan fingerprint density at radius 2 is 1.76 bits per heavy atom. The Balaban J connectivity index is 1.54. The van der Waals surface area contributed by atoms with Crippen LogP contribution < -0.4 is 10.6 Å². The number of carbonyl (C=O) groups is 3. The third kappa shape index (κ3) is 4.84. The van der Waals surface area contributed by atoms with Crippen LogP contribution in [0, 0.1) is 18.6 Å². The predicted molar refractivity (Wildman–Crippen MR) is 121 cm³/mol. The first-order valence-electron chi connectivity index (χ1n) is 10.2. The van der Waals surface area contributed by atoms with Crippen molar-refractivity contribution < 1.29 is 23.2 Å². The summed E-state index contributed by atoms with van der Waals surface area (Å²) in [6, 6.07) is 9.06. The molecule has 0 radical (unpaired) electrons. The maximum Gasteiger partial charge on any atom is 0.270 e. The summed E-state index contributed by atoms with van der Waals surface area (Å²) >= 11 is 1.25. The maximum atomic E-state index is 14.2. The molecule has 0 unspecified atom stereocenters. The molecule has 2 N–H and O–H groups in total. The molecular weight excluding hydrogens is 464 g/mol. The number of ketones is 1. The van der Waals surface area contributed by atoms with E-state index in [9.17, 15) is 23.2 Å². The molecule has 8 nitrogen and oxygen atoms in total. The van der Waals surface area contributed by atoms with Crippen molar-refractivity contribution in [3.8, 4) is 0 Å². The van der Waals surface area contributed by atoms with E-state index in [-0.39, 0.29) is 41.7 Å². The van der Waals surface area contributed by atoms with E-state index >= 15 is 0 Å². The molecule has 3 aromatic heterocycles. The number of aryl methyl sites for hydroxylation is 1. The van der Waals surface area contributed by atoms with Crippen LogP contribution in [0.5, 0.6) is 0 Å². The number of carbonyl (C=O) groups excluding carboxylic acids is 3. The highest BCUT2D eigenvalue weighted by Crippen LogP contribution is 2.17. The molecule has 0 aliphatic heterocycles. The van der Waals surface area contributed by atoms with E-state index in [1.807, 2.05) is 0 Å². The van der Waals surface area contributed by atoms with Gasteiger partial charge in [-0.25, -0.2) is 18.3 Å². The summed E-state index contributed by atoms with van der Waals surface area (Å²) in [5.74, 6) is -2.45. The third-order valence-corrected chi connectivity index (χ3v) is 6.19. The Hall–Kier alpha value is -3.99. The van der Waals surface area contributed by atoms with Gasteiger partial charge in [0.2, 0.25) is 0 Å². The van der Waals surface area contributed by atoms with Gasteiger partial charge in [-0.15, -0.1) is 11.3 Å². The van der Waals surface area contributed by atoms with Gasteiger partial charge in [0.25, 0.3) is 11.8 Å². The topological polar surface area (TPSA) is 105 Å². The van der Waals surface area contributed by atoms with E-state index in [1.54, 1.807) is 25.1 Å². The number of nitrogens with zero attached hydrogens (tertiary/aromatic N) is 3. The first kappa shape index (κ1) is 23.2. The van der Waals surface area contributed by atoms with Crippen LogP contribution in [0.15, 0.2) is 42.6 Å². The fourth-order valence-electron chi connectivity index (χ4n) is 3.22. The van der Waals surface area contributed by atoms with Gasteiger partial charge in [-0.3, -0.25) is 14.4 Å². The molecule has 174 valence electrons. The van der Waals surface area contributed by atoms with Gasteiger partial charge >= 0.3 is 0 Å². The largest absolute Gasteiger partial charge is 0.347 e.